The van der Waals surface area contributed by atoms with Crippen molar-refractivity contribution < 1.29 is 13.2 Å². The second-order valence-corrected chi connectivity index (χ2v) is 8.20. The third kappa shape index (κ3) is 4.27. The molecule has 0 spiro atoms. The molecule has 3 rings (SSSR count). The van der Waals surface area contributed by atoms with Gasteiger partial charge in [-0.3, -0.25) is 4.79 Å². The monoisotopic (exact) mass is 390 g/mol. The minimum Gasteiger partial charge on any atom is -0.351 e. The van der Waals surface area contributed by atoms with Crippen LogP contribution in [0.2, 0.25) is 0 Å². The lowest BCUT2D eigenvalue weighted by Gasteiger charge is -2.12. The van der Waals surface area contributed by atoms with Gasteiger partial charge in [-0.25, -0.2) is 8.42 Å². The lowest BCUT2D eigenvalue weighted by atomic mass is 9.95. The van der Waals surface area contributed by atoms with E-state index in [4.69, 9.17) is 0 Å². The zero-order valence-electron chi connectivity index (χ0n) is 15.0. The summed E-state index contributed by atoms with van der Waals surface area (Å²) in [6.07, 6.45) is 0. The molecule has 1 amide bonds. The van der Waals surface area contributed by atoms with Crippen molar-refractivity contribution in [2.24, 2.45) is 0 Å². The van der Waals surface area contributed by atoms with Crippen molar-refractivity contribution >= 4 is 15.7 Å². The Kier molecular flexibility index (Phi) is 5.87. The number of nitrogens with one attached hydrogen (secondary N) is 1. The maximum absolute atomic E-state index is 12.7. The zero-order valence-corrected chi connectivity index (χ0v) is 15.8. The number of sulfone groups is 1. The molecular formula is C22H18N2O3S. The number of amides is 1. The van der Waals surface area contributed by atoms with Gasteiger partial charge < -0.3 is 5.32 Å². The smallest absolute Gasteiger partial charge is 0.251 e. The van der Waals surface area contributed by atoms with Gasteiger partial charge in [0, 0.05) is 17.7 Å². The summed E-state index contributed by atoms with van der Waals surface area (Å²) in [5.41, 5.74) is 2.15. The Morgan fingerprint density at radius 2 is 1.46 bits per heavy atom. The molecule has 0 radical (unpaired) electrons. The molecule has 0 aliphatic rings. The molecule has 5 nitrogen and oxygen atoms in total. The Hall–Kier alpha value is -3.43. The standard InChI is InChI=1S/C22H18N2O3S/c23-16-17-8-4-5-11-19(17)20-12-6-7-13-21(20)22(25)24-14-15-28(26,27)18-9-2-1-3-10-18/h1-13H,14-15H2,(H,24,25). The summed E-state index contributed by atoms with van der Waals surface area (Å²) < 4.78 is 24.7. The number of hydrogen-bond acceptors (Lipinski definition) is 4. The highest BCUT2D eigenvalue weighted by Crippen LogP contribution is 2.26. The normalized spacial score (nSPS) is 10.8. The van der Waals surface area contributed by atoms with E-state index in [1.54, 1.807) is 66.7 Å². The van der Waals surface area contributed by atoms with Gasteiger partial charge in [-0.1, -0.05) is 54.6 Å². The van der Waals surface area contributed by atoms with Crippen LogP contribution in [-0.2, 0) is 9.84 Å². The Morgan fingerprint density at radius 3 is 2.18 bits per heavy atom. The van der Waals surface area contributed by atoms with Crippen LogP contribution in [0.15, 0.2) is 83.8 Å². The molecule has 0 bridgehead atoms. The number of carbonyl (C=O) groups is 1. The molecule has 0 saturated heterocycles. The Balaban J connectivity index is 1.77. The van der Waals surface area contributed by atoms with Gasteiger partial charge in [-0.15, -0.1) is 0 Å². The molecule has 0 aliphatic heterocycles. The van der Waals surface area contributed by atoms with Crippen molar-refractivity contribution in [2.75, 3.05) is 12.3 Å². The lowest BCUT2D eigenvalue weighted by Crippen LogP contribution is -2.29. The van der Waals surface area contributed by atoms with Crippen molar-refractivity contribution in [1.82, 2.24) is 5.32 Å². The minimum absolute atomic E-state index is 0.00963. The van der Waals surface area contributed by atoms with Crippen LogP contribution in [0.3, 0.4) is 0 Å². The molecule has 0 atom stereocenters. The molecule has 0 aliphatic carbocycles. The van der Waals surface area contributed by atoms with Gasteiger partial charge in [-0.05, 0) is 29.8 Å². The van der Waals surface area contributed by atoms with Crippen LogP contribution in [0.5, 0.6) is 0 Å². The number of hydrogen-bond donors (Lipinski definition) is 1. The van der Waals surface area contributed by atoms with E-state index in [-0.39, 0.29) is 23.1 Å². The molecule has 0 heterocycles. The fourth-order valence-electron chi connectivity index (χ4n) is 2.87. The largest absolute Gasteiger partial charge is 0.351 e. The van der Waals surface area contributed by atoms with Gasteiger partial charge >= 0.3 is 0 Å². The molecule has 0 unspecified atom stereocenters. The van der Waals surface area contributed by atoms with Crippen LogP contribution < -0.4 is 5.32 Å². The number of benzene rings is 3. The molecule has 3 aromatic rings. The van der Waals surface area contributed by atoms with E-state index in [1.165, 1.54) is 12.1 Å². The maximum atomic E-state index is 12.7. The van der Waals surface area contributed by atoms with Gasteiger partial charge in [0.2, 0.25) is 0 Å². The average molecular weight is 390 g/mol. The molecule has 0 fully saturated rings. The highest BCUT2D eigenvalue weighted by Gasteiger charge is 2.17. The van der Waals surface area contributed by atoms with Crippen LogP contribution >= 0.6 is 0 Å². The molecule has 6 heteroatoms. The number of nitrogens with zero attached hydrogens (tertiary/aromatic N) is 1. The van der Waals surface area contributed by atoms with Crippen molar-refractivity contribution in [2.45, 2.75) is 4.90 Å². The van der Waals surface area contributed by atoms with Crippen molar-refractivity contribution in [1.29, 1.82) is 5.26 Å². The van der Waals surface area contributed by atoms with Crippen molar-refractivity contribution in [3.05, 3.63) is 90.0 Å². The van der Waals surface area contributed by atoms with Gasteiger partial charge in [0.25, 0.3) is 5.91 Å². The van der Waals surface area contributed by atoms with E-state index in [0.29, 0.717) is 22.3 Å². The Labute approximate surface area is 164 Å². The quantitative estimate of drug-likeness (QED) is 0.699. The van der Waals surface area contributed by atoms with Crippen LogP contribution in [0.4, 0.5) is 0 Å². The summed E-state index contributed by atoms with van der Waals surface area (Å²) in [5, 5.41) is 12.0. The van der Waals surface area contributed by atoms with Gasteiger partial charge in [0.15, 0.2) is 9.84 Å². The molecule has 0 aromatic heterocycles. The first-order valence-electron chi connectivity index (χ1n) is 8.67. The summed E-state index contributed by atoms with van der Waals surface area (Å²) in [6.45, 7) is -0.00963. The number of nitriles is 1. The van der Waals surface area contributed by atoms with Crippen LogP contribution in [-0.4, -0.2) is 26.6 Å². The van der Waals surface area contributed by atoms with E-state index in [9.17, 15) is 18.5 Å². The Morgan fingerprint density at radius 1 is 0.857 bits per heavy atom. The van der Waals surface area contributed by atoms with Crippen LogP contribution in [0, 0.1) is 11.3 Å². The third-order valence-electron chi connectivity index (χ3n) is 4.27. The number of carbonyl (C=O) groups excluding carboxylic acids is 1. The van der Waals surface area contributed by atoms with E-state index in [1.807, 2.05) is 0 Å². The van der Waals surface area contributed by atoms with Gasteiger partial charge in [0.1, 0.15) is 0 Å². The number of rotatable bonds is 6. The van der Waals surface area contributed by atoms with Gasteiger partial charge in [0.05, 0.1) is 22.3 Å². The SMILES string of the molecule is N#Cc1ccccc1-c1ccccc1C(=O)NCCS(=O)(=O)c1ccccc1. The predicted molar refractivity (Wildman–Crippen MR) is 107 cm³/mol. The summed E-state index contributed by atoms with van der Waals surface area (Å²) >= 11 is 0. The van der Waals surface area contributed by atoms with Crippen LogP contribution in [0.1, 0.15) is 15.9 Å². The van der Waals surface area contributed by atoms with E-state index in [0.717, 1.165) is 0 Å². The maximum Gasteiger partial charge on any atom is 0.251 e. The lowest BCUT2D eigenvalue weighted by molar-refractivity contribution is 0.0957. The predicted octanol–water partition coefficient (Wildman–Crippen LogP) is 3.43. The second-order valence-electron chi connectivity index (χ2n) is 6.09. The highest BCUT2D eigenvalue weighted by molar-refractivity contribution is 7.91. The first-order valence-corrected chi connectivity index (χ1v) is 10.3. The minimum atomic E-state index is -3.47. The van der Waals surface area contributed by atoms with Crippen LogP contribution in [0.25, 0.3) is 11.1 Å². The van der Waals surface area contributed by atoms with E-state index in [2.05, 4.69) is 11.4 Å². The van der Waals surface area contributed by atoms with Crippen molar-refractivity contribution in [3.8, 4) is 17.2 Å². The molecule has 1 N–H and O–H groups in total. The summed E-state index contributed by atoms with van der Waals surface area (Å²) in [5.74, 6) is -0.578. The summed E-state index contributed by atoms with van der Waals surface area (Å²) in [7, 11) is -3.47. The molecule has 0 saturated carbocycles. The highest BCUT2D eigenvalue weighted by atomic mass is 32.2. The fraction of sp³-hybridized carbons (Fsp3) is 0.0909. The molecule has 28 heavy (non-hydrogen) atoms. The second kappa shape index (κ2) is 8.51. The van der Waals surface area contributed by atoms with E-state index >= 15 is 0 Å². The topological polar surface area (TPSA) is 87.0 Å². The fourth-order valence-corrected chi connectivity index (χ4v) is 4.05. The summed E-state index contributed by atoms with van der Waals surface area (Å²) in [6, 6.07) is 24.3. The zero-order chi connectivity index (χ0) is 20.0. The first kappa shape index (κ1) is 19.3. The van der Waals surface area contributed by atoms with E-state index < -0.39 is 9.84 Å². The first-order chi connectivity index (χ1) is 13.5. The van der Waals surface area contributed by atoms with Crippen molar-refractivity contribution in [3.63, 3.8) is 0 Å². The third-order valence-corrected chi connectivity index (χ3v) is 6.00. The molecule has 3 aromatic carbocycles. The molecule has 140 valence electrons. The van der Waals surface area contributed by atoms with Gasteiger partial charge in [-0.2, -0.15) is 5.26 Å². The summed E-state index contributed by atoms with van der Waals surface area (Å²) in [4.78, 5) is 12.9. The molecular weight excluding hydrogens is 372 g/mol. The Bertz CT molecular complexity index is 1130. The average Bonchev–Trinajstić information content (AvgIpc) is 2.74.